The molecule has 1 heteroatoms. The third kappa shape index (κ3) is 1.56. The zero-order valence-corrected chi connectivity index (χ0v) is 6.32. The van der Waals surface area contributed by atoms with Crippen LogP contribution in [0.25, 0.3) is 0 Å². The molecule has 0 saturated heterocycles. The molecular formula is C9H11F. The van der Waals surface area contributed by atoms with Crippen molar-refractivity contribution in [2.45, 2.75) is 20.3 Å². The highest BCUT2D eigenvalue weighted by atomic mass is 19.1. The Morgan fingerprint density at radius 3 is 2.80 bits per heavy atom. The van der Waals surface area contributed by atoms with Gasteiger partial charge in [-0.3, -0.25) is 0 Å². The van der Waals surface area contributed by atoms with Crippen LogP contribution >= 0.6 is 0 Å². The maximum Gasteiger partial charge on any atom is 0.123 e. The van der Waals surface area contributed by atoms with Gasteiger partial charge in [-0.05, 0) is 38.0 Å². The number of allylic oxidation sites excluding steroid dienone is 6. The molecule has 10 heavy (non-hydrogen) atoms. The molecule has 0 unspecified atom stereocenters. The first-order valence-corrected chi connectivity index (χ1v) is 3.40. The summed E-state index contributed by atoms with van der Waals surface area (Å²) in [5.74, 6) is -0.144. The summed E-state index contributed by atoms with van der Waals surface area (Å²) in [5, 5.41) is 0. The van der Waals surface area contributed by atoms with Crippen LogP contribution in [-0.4, -0.2) is 0 Å². The lowest BCUT2D eigenvalue weighted by molar-refractivity contribution is 0.666. The Balaban J connectivity index is 2.96. The van der Waals surface area contributed by atoms with E-state index in [-0.39, 0.29) is 5.83 Å². The molecule has 0 nitrogen and oxygen atoms in total. The van der Waals surface area contributed by atoms with Crippen molar-refractivity contribution < 1.29 is 4.39 Å². The first-order valence-electron chi connectivity index (χ1n) is 3.40. The molecule has 0 aromatic rings. The van der Waals surface area contributed by atoms with E-state index >= 15 is 0 Å². The third-order valence-electron chi connectivity index (χ3n) is 1.73. The molecule has 0 aromatic carbocycles. The van der Waals surface area contributed by atoms with Gasteiger partial charge in [0.2, 0.25) is 0 Å². The molecule has 54 valence electrons. The first-order chi connectivity index (χ1) is 4.70. The summed E-state index contributed by atoms with van der Waals surface area (Å²) in [7, 11) is 0. The Morgan fingerprint density at radius 2 is 2.10 bits per heavy atom. The normalized spacial score (nSPS) is 18.9. The predicted octanol–water partition coefficient (Wildman–Crippen LogP) is 3.14. The van der Waals surface area contributed by atoms with Crippen LogP contribution in [0, 0.1) is 0 Å². The van der Waals surface area contributed by atoms with Crippen molar-refractivity contribution >= 4 is 0 Å². The van der Waals surface area contributed by atoms with Crippen molar-refractivity contribution in [3.8, 4) is 0 Å². The molecule has 1 aliphatic carbocycles. The van der Waals surface area contributed by atoms with Crippen LogP contribution in [0.15, 0.2) is 35.2 Å². The minimum atomic E-state index is -0.144. The van der Waals surface area contributed by atoms with Crippen molar-refractivity contribution in [2.24, 2.45) is 0 Å². The summed E-state index contributed by atoms with van der Waals surface area (Å²) in [6.07, 6.45) is 5.80. The van der Waals surface area contributed by atoms with Crippen molar-refractivity contribution in [3.05, 3.63) is 35.2 Å². The van der Waals surface area contributed by atoms with E-state index in [0.717, 1.165) is 12.0 Å². The summed E-state index contributed by atoms with van der Waals surface area (Å²) < 4.78 is 12.6. The molecule has 0 atom stereocenters. The second-order valence-electron chi connectivity index (χ2n) is 2.60. The summed E-state index contributed by atoms with van der Waals surface area (Å²) in [4.78, 5) is 0. The van der Waals surface area contributed by atoms with Crippen LogP contribution in [-0.2, 0) is 0 Å². The molecule has 1 aliphatic rings. The van der Waals surface area contributed by atoms with Crippen molar-refractivity contribution in [3.63, 3.8) is 0 Å². The highest BCUT2D eigenvalue weighted by Gasteiger charge is 1.98. The summed E-state index contributed by atoms with van der Waals surface area (Å²) in [6, 6.07) is 0. The van der Waals surface area contributed by atoms with Gasteiger partial charge in [0.1, 0.15) is 5.83 Å². The summed E-state index contributed by atoms with van der Waals surface area (Å²) >= 11 is 0. The summed E-state index contributed by atoms with van der Waals surface area (Å²) in [6.45, 7) is 3.96. The minimum Gasteiger partial charge on any atom is -0.207 e. The van der Waals surface area contributed by atoms with Gasteiger partial charge >= 0.3 is 0 Å². The van der Waals surface area contributed by atoms with Crippen LogP contribution in [0.5, 0.6) is 0 Å². The van der Waals surface area contributed by atoms with E-state index in [1.807, 2.05) is 19.9 Å². The lowest BCUT2D eigenvalue weighted by Crippen LogP contribution is -1.76. The SMILES string of the molecule is CC1=C(C)CC=CC(F)=C1. The van der Waals surface area contributed by atoms with Gasteiger partial charge in [-0.25, -0.2) is 4.39 Å². The molecule has 0 aromatic heterocycles. The quantitative estimate of drug-likeness (QED) is 0.482. The number of halogens is 1. The zero-order chi connectivity index (χ0) is 7.56. The van der Waals surface area contributed by atoms with E-state index in [9.17, 15) is 4.39 Å². The van der Waals surface area contributed by atoms with Gasteiger partial charge in [-0.1, -0.05) is 11.6 Å². The molecule has 0 fully saturated rings. The largest absolute Gasteiger partial charge is 0.207 e. The van der Waals surface area contributed by atoms with Crippen LogP contribution in [0.4, 0.5) is 4.39 Å². The number of hydrogen-bond donors (Lipinski definition) is 0. The fraction of sp³-hybridized carbons (Fsp3) is 0.333. The summed E-state index contributed by atoms with van der Waals surface area (Å²) in [5.41, 5.74) is 2.28. The highest BCUT2D eigenvalue weighted by molar-refractivity contribution is 5.32. The van der Waals surface area contributed by atoms with E-state index in [4.69, 9.17) is 0 Å². The fourth-order valence-corrected chi connectivity index (χ4v) is 0.887. The topological polar surface area (TPSA) is 0 Å². The average molecular weight is 138 g/mol. The van der Waals surface area contributed by atoms with Gasteiger partial charge in [0.15, 0.2) is 0 Å². The Hall–Kier alpha value is -0.850. The zero-order valence-electron chi connectivity index (χ0n) is 6.32. The molecule has 0 bridgehead atoms. The lowest BCUT2D eigenvalue weighted by Gasteiger charge is -1.95. The average Bonchev–Trinajstić information content (AvgIpc) is 1.96. The monoisotopic (exact) mass is 138 g/mol. The van der Waals surface area contributed by atoms with Gasteiger partial charge in [-0.15, -0.1) is 0 Å². The molecule has 0 heterocycles. The Kier molecular flexibility index (Phi) is 2.05. The van der Waals surface area contributed by atoms with Crippen LogP contribution in [0.1, 0.15) is 20.3 Å². The van der Waals surface area contributed by atoms with Gasteiger partial charge in [0.05, 0.1) is 0 Å². The molecule has 0 saturated carbocycles. The van der Waals surface area contributed by atoms with E-state index in [0.29, 0.717) is 0 Å². The molecular weight excluding hydrogens is 127 g/mol. The molecule has 0 N–H and O–H groups in total. The third-order valence-corrected chi connectivity index (χ3v) is 1.73. The molecule has 0 amide bonds. The molecule has 0 aliphatic heterocycles. The van der Waals surface area contributed by atoms with E-state index in [2.05, 4.69) is 0 Å². The number of rotatable bonds is 0. The Labute approximate surface area is 60.7 Å². The van der Waals surface area contributed by atoms with Crippen LogP contribution in [0.3, 0.4) is 0 Å². The maximum atomic E-state index is 12.6. The number of hydrogen-bond acceptors (Lipinski definition) is 0. The maximum absolute atomic E-state index is 12.6. The standard InChI is InChI=1S/C9H11F/c1-7-4-3-5-9(10)6-8(7)2/h3,5-6H,4H2,1-2H3. The van der Waals surface area contributed by atoms with Crippen LogP contribution in [0.2, 0.25) is 0 Å². The predicted molar refractivity (Wildman–Crippen MR) is 41.3 cm³/mol. The second-order valence-corrected chi connectivity index (χ2v) is 2.60. The highest BCUT2D eigenvalue weighted by Crippen LogP contribution is 2.17. The van der Waals surface area contributed by atoms with Crippen molar-refractivity contribution in [1.29, 1.82) is 0 Å². The smallest absolute Gasteiger partial charge is 0.123 e. The molecule has 0 spiro atoms. The van der Waals surface area contributed by atoms with Crippen molar-refractivity contribution in [1.82, 2.24) is 0 Å². The molecule has 1 rings (SSSR count). The fourth-order valence-electron chi connectivity index (χ4n) is 0.887. The van der Waals surface area contributed by atoms with Crippen molar-refractivity contribution in [2.75, 3.05) is 0 Å². The lowest BCUT2D eigenvalue weighted by atomic mass is 10.1. The minimum absolute atomic E-state index is 0.144. The Bertz CT molecular complexity index is 219. The van der Waals surface area contributed by atoms with Gasteiger partial charge < -0.3 is 0 Å². The van der Waals surface area contributed by atoms with Gasteiger partial charge in [0.25, 0.3) is 0 Å². The van der Waals surface area contributed by atoms with Crippen LogP contribution < -0.4 is 0 Å². The van der Waals surface area contributed by atoms with Gasteiger partial charge in [-0.2, -0.15) is 0 Å². The van der Waals surface area contributed by atoms with E-state index < -0.39 is 0 Å². The van der Waals surface area contributed by atoms with E-state index in [1.165, 1.54) is 11.6 Å². The first kappa shape index (κ1) is 7.26. The van der Waals surface area contributed by atoms with E-state index in [1.54, 1.807) is 6.08 Å². The van der Waals surface area contributed by atoms with Gasteiger partial charge in [0, 0.05) is 0 Å². The molecule has 0 radical (unpaired) electrons. The second kappa shape index (κ2) is 2.82. The Morgan fingerprint density at radius 1 is 1.40 bits per heavy atom.